The van der Waals surface area contributed by atoms with Crippen LogP contribution in [0.25, 0.3) is 6.08 Å². The van der Waals surface area contributed by atoms with E-state index in [0.717, 1.165) is 27.8 Å². The third kappa shape index (κ3) is 8.36. The predicted octanol–water partition coefficient (Wildman–Crippen LogP) is 4.51. The Kier molecular flexibility index (Phi) is 9.60. The molecule has 0 saturated heterocycles. The maximum atomic E-state index is 13.1. The molecule has 1 atom stereocenters. The van der Waals surface area contributed by atoms with Crippen LogP contribution in [0, 0.1) is 0 Å². The minimum absolute atomic E-state index is 0.144. The number of nitrogens with zero attached hydrogens (tertiary/aromatic N) is 1. The summed E-state index contributed by atoms with van der Waals surface area (Å²) in [6.07, 6.45) is 3.17. The van der Waals surface area contributed by atoms with Gasteiger partial charge in [-0.25, -0.2) is 0 Å². The molecule has 2 amide bonds. The lowest BCUT2D eigenvalue weighted by molar-refractivity contribution is -0.118. The summed E-state index contributed by atoms with van der Waals surface area (Å²) < 4.78 is 0.945. The van der Waals surface area contributed by atoms with E-state index < -0.39 is 6.04 Å². The lowest BCUT2D eigenvalue weighted by atomic mass is 10.0. The Bertz CT molecular complexity index is 1160. The van der Waals surface area contributed by atoms with Gasteiger partial charge in [0.1, 0.15) is 6.04 Å². The molecule has 0 fully saturated rings. The highest BCUT2D eigenvalue weighted by molar-refractivity contribution is 9.10. The van der Waals surface area contributed by atoms with Crippen LogP contribution >= 0.6 is 15.9 Å². The first-order valence-electron chi connectivity index (χ1n) is 11.2. The van der Waals surface area contributed by atoms with Crippen molar-refractivity contribution in [2.75, 3.05) is 43.6 Å². The second-order valence-electron chi connectivity index (χ2n) is 8.26. The molecule has 7 nitrogen and oxygen atoms in total. The van der Waals surface area contributed by atoms with Crippen LogP contribution in [0.5, 0.6) is 0 Å². The van der Waals surface area contributed by atoms with Crippen LogP contribution < -0.4 is 21.7 Å². The molecule has 3 aromatic rings. The number of nitrogen functional groups attached to an aromatic ring is 1. The summed E-state index contributed by atoms with van der Waals surface area (Å²) >= 11 is 3.41. The topological polar surface area (TPSA) is 99.5 Å². The Morgan fingerprint density at radius 3 is 2.31 bits per heavy atom. The van der Waals surface area contributed by atoms with E-state index in [-0.39, 0.29) is 11.8 Å². The van der Waals surface area contributed by atoms with E-state index in [1.54, 1.807) is 18.2 Å². The highest BCUT2D eigenvalue weighted by Gasteiger charge is 2.20. The molecule has 0 aliphatic carbocycles. The van der Waals surface area contributed by atoms with Gasteiger partial charge >= 0.3 is 0 Å². The molecule has 0 aliphatic rings. The molecule has 0 saturated carbocycles. The summed E-state index contributed by atoms with van der Waals surface area (Å²) in [7, 11) is 3.98. The molecular weight excluding hydrogens is 506 g/mol. The first-order valence-corrected chi connectivity index (χ1v) is 12.0. The number of likely N-dealkylation sites (N-methyl/N-ethyl adjacent to an activating group) is 1. The van der Waals surface area contributed by atoms with Crippen LogP contribution in [-0.2, 0) is 9.59 Å². The highest BCUT2D eigenvalue weighted by atomic mass is 79.9. The monoisotopic (exact) mass is 535 g/mol. The zero-order valence-corrected chi connectivity index (χ0v) is 21.4. The first kappa shape index (κ1) is 26.2. The standard InChI is InChI=1S/C27H30BrN5O2/c1-33(2)18-17-30-26(27(35)31-22-14-12-21(28)13-15-22)20-10-7-19(8-11-20)9-16-25(34)32-24-6-4-3-5-23(24)29/h3-16,26,30H,17-18,29H2,1-2H3,(H,31,35)(H,32,34)/b16-9+. The molecule has 5 N–H and O–H groups in total. The molecule has 0 aliphatic heterocycles. The molecule has 182 valence electrons. The van der Waals surface area contributed by atoms with Crippen LogP contribution in [0.2, 0.25) is 0 Å². The minimum atomic E-state index is -0.527. The number of halogens is 1. The Morgan fingerprint density at radius 2 is 1.66 bits per heavy atom. The van der Waals surface area contributed by atoms with E-state index in [1.165, 1.54) is 6.08 Å². The van der Waals surface area contributed by atoms with Crippen molar-refractivity contribution in [3.8, 4) is 0 Å². The van der Waals surface area contributed by atoms with E-state index in [4.69, 9.17) is 5.73 Å². The number of benzene rings is 3. The molecule has 0 aromatic heterocycles. The summed E-state index contributed by atoms with van der Waals surface area (Å²) in [6.45, 7) is 1.44. The minimum Gasteiger partial charge on any atom is -0.397 e. The van der Waals surface area contributed by atoms with Crippen molar-refractivity contribution in [1.82, 2.24) is 10.2 Å². The fraction of sp³-hybridized carbons (Fsp3) is 0.185. The van der Waals surface area contributed by atoms with E-state index in [1.807, 2.05) is 74.8 Å². The lowest BCUT2D eigenvalue weighted by Crippen LogP contribution is -2.36. The van der Waals surface area contributed by atoms with Gasteiger partial charge in [-0.1, -0.05) is 52.3 Å². The van der Waals surface area contributed by atoms with Crippen LogP contribution in [-0.4, -0.2) is 43.9 Å². The smallest absolute Gasteiger partial charge is 0.248 e. The SMILES string of the molecule is CN(C)CCNC(C(=O)Nc1ccc(Br)cc1)c1ccc(/C=C/C(=O)Nc2ccccc2N)cc1. The van der Waals surface area contributed by atoms with Gasteiger partial charge in [0, 0.05) is 29.3 Å². The number of amides is 2. The second-order valence-corrected chi connectivity index (χ2v) is 9.18. The van der Waals surface area contributed by atoms with Gasteiger partial charge in [0.2, 0.25) is 11.8 Å². The average Bonchev–Trinajstić information content (AvgIpc) is 2.84. The van der Waals surface area contributed by atoms with Crippen molar-refractivity contribution in [3.05, 3.63) is 94.5 Å². The highest BCUT2D eigenvalue weighted by Crippen LogP contribution is 2.20. The number of nitrogens with one attached hydrogen (secondary N) is 3. The van der Waals surface area contributed by atoms with Gasteiger partial charge in [0.05, 0.1) is 11.4 Å². The number of rotatable bonds is 10. The van der Waals surface area contributed by atoms with Gasteiger partial charge in [-0.3, -0.25) is 9.59 Å². The number of anilines is 3. The van der Waals surface area contributed by atoms with Crippen LogP contribution in [0.15, 0.2) is 83.3 Å². The molecule has 0 heterocycles. The maximum absolute atomic E-state index is 13.1. The molecule has 0 radical (unpaired) electrons. The van der Waals surface area contributed by atoms with E-state index >= 15 is 0 Å². The fourth-order valence-electron chi connectivity index (χ4n) is 3.30. The Hall–Kier alpha value is -3.46. The van der Waals surface area contributed by atoms with Crippen molar-refractivity contribution < 1.29 is 9.59 Å². The van der Waals surface area contributed by atoms with E-state index in [9.17, 15) is 9.59 Å². The van der Waals surface area contributed by atoms with Gasteiger partial charge in [-0.2, -0.15) is 0 Å². The zero-order valence-electron chi connectivity index (χ0n) is 19.8. The molecule has 35 heavy (non-hydrogen) atoms. The molecule has 0 spiro atoms. The van der Waals surface area contributed by atoms with Crippen molar-refractivity contribution in [3.63, 3.8) is 0 Å². The largest absolute Gasteiger partial charge is 0.397 e. The van der Waals surface area contributed by atoms with E-state index in [0.29, 0.717) is 17.9 Å². The Morgan fingerprint density at radius 1 is 0.971 bits per heavy atom. The summed E-state index contributed by atoms with van der Waals surface area (Å²) in [6, 6.07) is 21.6. The number of hydrogen-bond acceptors (Lipinski definition) is 5. The van der Waals surface area contributed by atoms with E-state index in [2.05, 4.69) is 36.8 Å². The molecule has 1 unspecified atom stereocenters. The number of hydrogen-bond donors (Lipinski definition) is 4. The summed E-state index contributed by atoms with van der Waals surface area (Å²) in [4.78, 5) is 27.4. The molecule has 3 aromatic carbocycles. The lowest BCUT2D eigenvalue weighted by Gasteiger charge is -2.20. The quantitative estimate of drug-likeness (QED) is 0.226. The van der Waals surface area contributed by atoms with Crippen molar-refractivity contribution in [2.45, 2.75) is 6.04 Å². The average molecular weight is 536 g/mol. The molecule has 3 rings (SSSR count). The van der Waals surface area contributed by atoms with Crippen LogP contribution in [0.1, 0.15) is 17.2 Å². The number of carbonyl (C=O) groups excluding carboxylic acids is 2. The summed E-state index contributed by atoms with van der Waals surface area (Å²) in [5.41, 5.74) is 9.34. The van der Waals surface area contributed by atoms with Gasteiger partial charge in [0.15, 0.2) is 0 Å². The van der Waals surface area contributed by atoms with Crippen molar-refractivity contribution >= 4 is 50.9 Å². The summed E-state index contributed by atoms with van der Waals surface area (Å²) in [5.74, 6) is -0.418. The molecule has 8 heteroatoms. The number of carbonyl (C=O) groups is 2. The Labute approximate surface area is 214 Å². The normalized spacial score (nSPS) is 12.0. The van der Waals surface area contributed by atoms with Crippen molar-refractivity contribution in [1.29, 1.82) is 0 Å². The number of para-hydroxylation sites is 2. The van der Waals surface area contributed by atoms with Gasteiger partial charge in [-0.05, 0) is 67.7 Å². The van der Waals surface area contributed by atoms with Gasteiger partial charge in [-0.15, -0.1) is 0 Å². The fourth-order valence-corrected chi connectivity index (χ4v) is 3.56. The van der Waals surface area contributed by atoms with Gasteiger partial charge < -0.3 is 26.6 Å². The predicted molar refractivity (Wildman–Crippen MR) is 147 cm³/mol. The Balaban J connectivity index is 1.68. The third-order valence-corrected chi connectivity index (χ3v) is 5.73. The summed E-state index contributed by atoms with van der Waals surface area (Å²) in [5, 5.41) is 9.08. The second kappa shape index (κ2) is 12.9. The first-order chi connectivity index (χ1) is 16.8. The molecular formula is C27H30BrN5O2. The van der Waals surface area contributed by atoms with Crippen LogP contribution in [0.4, 0.5) is 17.1 Å². The maximum Gasteiger partial charge on any atom is 0.248 e. The van der Waals surface area contributed by atoms with Gasteiger partial charge in [0.25, 0.3) is 0 Å². The van der Waals surface area contributed by atoms with Crippen molar-refractivity contribution in [2.24, 2.45) is 0 Å². The molecule has 0 bridgehead atoms. The van der Waals surface area contributed by atoms with Crippen LogP contribution in [0.3, 0.4) is 0 Å². The zero-order chi connectivity index (χ0) is 25.2. The third-order valence-electron chi connectivity index (χ3n) is 5.20. The number of nitrogens with two attached hydrogens (primary N) is 1.